The van der Waals surface area contributed by atoms with E-state index in [-0.39, 0.29) is 0 Å². The van der Waals surface area contributed by atoms with Crippen LogP contribution in [0.5, 0.6) is 0 Å². The molecule has 0 aliphatic heterocycles. The molecule has 14 heavy (non-hydrogen) atoms. The Morgan fingerprint density at radius 1 is 0.929 bits per heavy atom. The van der Waals surface area contributed by atoms with Crippen molar-refractivity contribution in [2.24, 2.45) is 0 Å². The number of ether oxygens (including phenoxy) is 1. The van der Waals surface area contributed by atoms with Crippen molar-refractivity contribution >= 4 is 0 Å². The largest absolute Gasteiger partial charge is 0.378 e. The Balaban J connectivity index is 1.82. The van der Waals surface area contributed by atoms with Crippen LogP contribution in [0.2, 0.25) is 0 Å². The predicted molar refractivity (Wildman–Crippen MR) is 61.6 cm³/mol. The van der Waals surface area contributed by atoms with E-state index in [9.17, 15) is 0 Å². The zero-order valence-electron chi connectivity index (χ0n) is 9.76. The summed E-state index contributed by atoms with van der Waals surface area (Å²) in [5.74, 6) is 0. The molecule has 0 unspecified atom stereocenters. The minimum atomic E-state index is 0.606. The van der Waals surface area contributed by atoms with Crippen LogP contribution in [-0.2, 0) is 4.74 Å². The van der Waals surface area contributed by atoms with Crippen molar-refractivity contribution < 1.29 is 4.74 Å². The van der Waals surface area contributed by atoms with Gasteiger partial charge in [0, 0.05) is 6.61 Å². The summed E-state index contributed by atoms with van der Waals surface area (Å²) in [6.07, 6.45) is 14.2. The summed E-state index contributed by atoms with van der Waals surface area (Å²) >= 11 is 0. The highest BCUT2D eigenvalue weighted by Crippen LogP contribution is 2.20. The summed E-state index contributed by atoms with van der Waals surface area (Å²) in [7, 11) is 0. The molecule has 0 amide bonds. The van der Waals surface area contributed by atoms with Crippen LogP contribution in [0.25, 0.3) is 0 Å². The van der Waals surface area contributed by atoms with Crippen molar-refractivity contribution in [3.05, 3.63) is 0 Å². The SMILES string of the molecule is CCCCCCCOC1CCCCC1. The second-order valence-corrected chi connectivity index (χ2v) is 4.55. The normalized spacial score (nSPS) is 18.6. The summed E-state index contributed by atoms with van der Waals surface area (Å²) in [6.45, 7) is 3.27. The van der Waals surface area contributed by atoms with Gasteiger partial charge in [0.2, 0.25) is 0 Å². The minimum Gasteiger partial charge on any atom is -0.378 e. The number of unbranched alkanes of at least 4 members (excludes halogenated alkanes) is 4. The maximum atomic E-state index is 5.86. The molecule has 1 aliphatic rings. The first-order valence-electron chi connectivity index (χ1n) is 6.55. The highest BCUT2D eigenvalue weighted by atomic mass is 16.5. The zero-order chi connectivity index (χ0) is 10.1. The lowest BCUT2D eigenvalue weighted by molar-refractivity contribution is 0.0263. The lowest BCUT2D eigenvalue weighted by Gasteiger charge is -2.21. The minimum absolute atomic E-state index is 0.606. The van der Waals surface area contributed by atoms with Crippen LogP contribution in [0.4, 0.5) is 0 Å². The molecular formula is C13H26O. The molecule has 0 spiro atoms. The van der Waals surface area contributed by atoms with Crippen LogP contribution in [0.1, 0.15) is 71.1 Å². The fourth-order valence-electron chi connectivity index (χ4n) is 2.19. The van der Waals surface area contributed by atoms with E-state index in [1.165, 1.54) is 64.2 Å². The molecule has 0 radical (unpaired) electrons. The van der Waals surface area contributed by atoms with Crippen molar-refractivity contribution in [1.29, 1.82) is 0 Å². The molecule has 1 nitrogen and oxygen atoms in total. The number of hydrogen-bond donors (Lipinski definition) is 0. The number of rotatable bonds is 7. The lowest BCUT2D eigenvalue weighted by Crippen LogP contribution is -2.17. The number of hydrogen-bond acceptors (Lipinski definition) is 1. The van der Waals surface area contributed by atoms with Crippen LogP contribution in [-0.4, -0.2) is 12.7 Å². The van der Waals surface area contributed by atoms with E-state index in [0.717, 1.165) is 6.61 Å². The van der Waals surface area contributed by atoms with Gasteiger partial charge >= 0.3 is 0 Å². The Labute approximate surface area is 89.2 Å². The molecule has 0 N–H and O–H groups in total. The van der Waals surface area contributed by atoms with Gasteiger partial charge in [0.15, 0.2) is 0 Å². The Kier molecular flexibility index (Phi) is 7.12. The maximum absolute atomic E-state index is 5.86. The van der Waals surface area contributed by atoms with E-state index in [0.29, 0.717) is 6.10 Å². The summed E-state index contributed by atoms with van der Waals surface area (Å²) < 4.78 is 5.86. The molecule has 0 bridgehead atoms. The van der Waals surface area contributed by atoms with Gasteiger partial charge in [0.25, 0.3) is 0 Å². The van der Waals surface area contributed by atoms with Gasteiger partial charge < -0.3 is 4.74 Å². The second-order valence-electron chi connectivity index (χ2n) is 4.55. The van der Waals surface area contributed by atoms with Gasteiger partial charge in [-0.3, -0.25) is 0 Å². The monoisotopic (exact) mass is 198 g/mol. The van der Waals surface area contributed by atoms with Crippen LogP contribution in [0.3, 0.4) is 0 Å². The summed E-state index contributed by atoms with van der Waals surface area (Å²) in [5.41, 5.74) is 0. The van der Waals surface area contributed by atoms with E-state index in [1.807, 2.05) is 0 Å². The first-order chi connectivity index (χ1) is 6.93. The van der Waals surface area contributed by atoms with E-state index in [1.54, 1.807) is 0 Å². The molecule has 0 heterocycles. The first-order valence-corrected chi connectivity index (χ1v) is 6.55. The molecule has 1 fully saturated rings. The van der Waals surface area contributed by atoms with Gasteiger partial charge in [-0.05, 0) is 19.3 Å². The van der Waals surface area contributed by atoms with Gasteiger partial charge in [0.05, 0.1) is 6.10 Å². The molecule has 0 atom stereocenters. The van der Waals surface area contributed by atoms with Crippen LogP contribution < -0.4 is 0 Å². The van der Waals surface area contributed by atoms with Gasteiger partial charge in [0.1, 0.15) is 0 Å². The van der Waals surface area contributed by atoms with Crippen LogP contribution in [0.15, 0.2) is 0 Å². The highest BCUT2D eigenvalue weighted by molar-refractivity contribution is 4.64. The van der Waals surface area contributed by atoms with Gasteiger partial charge in [-0.15, -0.1) is 0 Å². The summed E-state index contributed by atoms with van der Waals surface area (Å²) in [6, 6.07) is 0. The standard InChI is InChI=1S/C13H26O/c1-2-3-4-5-9-12-14-13-10-7-6-8-11-13/h13H,2-12H2,1H3. The fourth-order valence-corrected chi connectivity index (χ4v) is 2.19. The van der Waals surface area contributed by atoms with E-state index in [4.69, 9.17) is 4.74 Å². The molecule has 1 rings (SSSR count). The zero-order valence-corrected chi connectivity index (χ0v) is 9.76. The Bertz CT molecular complexity index is 116. The average Bonchev–Trinajstić information content (AvgIpc) is 2.25. The molecule has 1 saturated carbocycles. The lowest BCUT2D eigenvalue weighted by atomic mass is 9.98. The topological polar surface area (TPSA) is 9.23 Å². The Morgan fingerprint density at radius 3 is 2.36 bits per heavy atom. The second kappa shape index (κ2) is 8.28. The molecule has 0 aromatic carbocycles. The third-order valence-corrected chi connectivity index (χ3v) is 3.15. The third-order valence-electron chi connectivity index (χ3n) is 3.15. The summed E-state index contributed by atoms with van der Waals surface area (Å²) in [4.78, 5) is 0. The maximum Gasteiger partial charge on any atom is 0.0575 e. The Morgan fingerprint density at radius 2 is 1.64 bits per heavy atom. The smallest absolute Gasteiger partial charge is 0.0575 e. The van der Waals surface area contributed by atoms with Crippen molar-refractivity contribution in [3.8, 4) is 0 Å². The molecule has 0 aromatic heterocycles. The molecule has 0 saturated heterocycles. The molecular weight excluding hydrogens is 172 g/mol. The first kappa shape index (κ1) is 12.0. The predicted octanol–water partition coefficient (Wildman–Crippen LogP) is 4.31. The van der Waals surface area contributed by atoms with Crippen LogP contribution in [0, 0.1) is 0 Å². The van der Waals surface area contributed by atoms with E-state index in [2.05, 4.69) is 6.92 Å². The molecule has 1 aliphatic carbocycles. The van der Waals surface area contributed by atoms with Crippen molar-refractivity contribution in [3.63, 3.8) is 0 Å². The quantitative estimate of drug-likeness (QED) is 0.554. The van der Waals surface area contributed by atoms with Gasteiger partial charge in [-0.25, -0.2) is 0 Å². The average molecular weight is 198 g/mol. The third kappa shape index (κ3) is 5.64. The van der Waals surface area contributed by atoms with Gasteiger partial charge in [-0.1, -0.05) is 51.9 Å². The Hall–Kier alpha value is -0.0400. The molecule has 1 heteroatoms. The van der Waals surface area contributed by atoms with Crippen molar-refractivity contribution in [1.82, 2.24) is 0 Å². The van der Waals surface area contributed by atoms with E-state index >= 15 is 0 Å². The molecule has 84 valence electrons. The van der Waals surface area contributed by atoms with E-state index < -0.39 is 0 Å². The van der Waals surface area contributed by atoms with Crippen molar-refractivity contribution in [2.75, 3.05) is 6.61 Å². The van der Waals surface area contributed by atoms with Gasteiger partial charge in [-0.2, -0.15) is 0 Å². The van der Waals surface area contributed by atoms with Crippen molar-refractivity contribution in [2.45, 2.75) is 77.2 Å². The molecule has 0 aromatic rings. The summed E-state index contributed by atoms with van der Waals surface area (Å²) in [5, 5.41) is 0. The fraction of sp³-hybridized carbons (Fsp3) is 1.00. The van der Waals surface area contributed by atoms with Crippen LogP contribution >= 0.6 is 0 Å². The highest BCUT2D eigenvalue weighted by Gasteiger charge is 2.12.